The average molecular weight is 288 g/mol. The summed E-state index contributed by atoms with van der Waals surface area (Å²) in [6.07, 6.45) is 1.32. The Morgan fingerprint density at radius 2 is 1.95 bits per heavy atom. The lowest BCUT2D eigenvalue weighted by Gasteiger charge is -2.28. The van der Waals surface area contributed by atoms with Crippen molar-refractivity contribution >= 4 is 5.69 Å². The van der Waals surface area contributed by atoms with Gasteiger partial charge in [0.2, 0.25) is 0 Å². The fourth-order valence-electron chi connectivity index (χ4n) is 3.15. The van der Waals surface area contributed by atoms with Gasteiger partial charge in [-0.1, -0.05) is 52.8 Å². The van der Waals surface area contributed by atoms with Crippen LogP contribution in [0.15, 0.2) is 24.3 Å². The van der Waals surface area contributed by atoms with Crippen LogP contribution in [-0.4, -0.2) is 19.6 Å². The van der Waals surface area contributed by atoms with E-state index in [0.29, 0.717) is 11.3 Å². The molecule has 0 spiro atoms. The molecule has 1 aliphatic heterocycles. The van der Waals surface area contributed by atoms with Gasteiger partial charge in [-0.05, 0) is 41.8 Å². The lowest BCUT2D eigenvalue weighted by molar-refractivity contribution is 0.263. The van der Waals surface area contributed by atoms with Gasteiger partial charge in [-0.25, -0.2) is 0 Å². The van der Waals surface area contributed by atoms with Crippen LogP contribution < -0.4 is 10.2 Å². The first-order valence-electron chi connectivity index (χ1n) is 8.41. The van der Waals surface area contributed by atoms with Crippen molar-refractivity contribution in [1.29, 1.82) is 0 Å². The molecule has 2 nitrogen and oxygen atoms in total. The highest BCUT2D eigenvalue weighted by molar-refractivity contribution is 5.54. The zero-order valence-corrected chi connectivity index (χ0v) is 14.4. The maximum atomic E-state index is 3.58. The van der Waals surface area contributed by atoms with Crippen LogP contribution in [0.1, 0.15) is 46.6 Å². The van der Waals surface area contributed by atoms with Crippen LogP contribution in [0, 0.1) is 17.3 Å². The molecule has 1 aliphatic rings. The van der Waals surface area contributed by atoms with Crippen molar-refractivity contribution in [2.24, 2.45) is 17.3 Å². The van der Waals surface area contributed by atoms with Gasteiger partial charge in [0.15, 0.2) is 0 Å². The molecule has 1 aromatic rings. The van der Waals surface area contributed by atoms with Crippen LogP contribution in [0.25, 0.3) is 0 Å². The number of anilines is 1. The molecule has 1 aromatic carbocycles. The van der Waals surface area contributed by atoms with Gasteiger partial charge in [0.1, 0.15) is 0 Å². The Morgan fingerprint density at radius 1 is 1.24 bits per heavy atom. The van der Waals surface area contributed by atoms with Crippen molar-refractivity contribution in [3.8, 4) is 0 Å². The topological polar surface area (TPSA) is 15.3 Å². The molecule has 0 radical (unpaired) electrons. The number of nitrogens with zero attached hydrogens (tertiary/aromatic N) is 1. The van der Waals surface area contributed by atoms with Gasteiger partial charge in [-0.15, -0.1) is 0 Å². The van der Waals surface area contributed by atoms with Crippen LogP contribution in [0.5, 0.6) is 0 Å². The monoisotopic (exact) mass is 288 g/mol. The summed E-state index contributed by atoms with van der Waals surface area (Å²) < 4.78 is 0. The molecule has 0 amide bonds. The van der Waals surface area contributed by atoms with Crippen molar-refractivity contribution in [2.75, 3.05) is 24.5 Å². The minimum absolute atomic E-state index is 0.416. The molecule has 21 heavy (non-hydrogen) atoms. The van der Waals surface area contributed by atoms with Gasteiger partial charge in [0, 0.05) is 25.3 Å². The average Bonchev–Trinajstić information content (AvgIpc) is 2.88. The number of para-hydroxylation sites is 1. The van der Waals surface area contributed by atoms with E-state index in [0.717, 1.165) is 19.0 Å². The highest BCUT2D eigenvalue weighted by atomic mass is 15.2. The summed E-state index contributed by atoms with van der Waals surface area (Å²) in [5, 5.41) is 3.58. The molecule has 0 aliphatic carbocycles. The summed E-state index contributed by atoms with van der Waals surface area (Å²) in [5.74, 6) is 1.50. The zero-order valence-electron chi connectivity index (χ0n) is 14.4. The first-order valence-corrected chi connectivity index (χ1v) is 8.41. The molecule has 2 rings (SSSR count). The molecule has 118 valence electrons. The number of rotatable bonds is 5. The second-order valence-corrected chi connectivity index (χ2v) is 7.95. The zero-order chi connectivity index (χ0) is 15.5. The van der Waals surface area contributed by atoms with E-state index >= 15 is 0 Å². The van der Waals surface area contributed by atoms with E-state index in [-0.39, 0.29) is 0 Å². The summed E-state index contributed by atoms with van der Waals surface area (Å²) in [4.78, 5) is 2.59. The van der Waals surface area contributed by atoms with Crippen LogP contribution in [0.2, 0.25) is 0 Å². The minimum atomic E-state index is 0.416. The lowest BCUT2D eigenvalue weighted by Crippen LogP contribution is -2.27. The highest BCUT2D eigenvalue weighted by Gasteiger charge is 2.32. The normalized spacial score (nSPS) is 19.5. The van der Waals surface area contributed by atoms with Gasteiger partial charge < -0.3 is 10.2 Å². The summed E-state index contributed by atoms with van der Waals surface area (Å²) in [6.45, 7) is 16.1. The molecule has 2 heteroatoms. The Labute approximate surface area is 130 Å². The van der Waals surface area contributed by atoms with E-state index in [1.54, 1.807) is 0 Å². The maximum absolute atomic E-state index is 3.58. The number of hydrogen-bond acceptors (Lipinski definition) is 2. The minimum Gasteiger partial charge on any atom is -0.371 e. The Balaban J connectivity index is 2.03. The summed E-state index contributed by atoms with van der Waals surface area (Å²) in [7, 11) is 0. The standard InChI is InChI=1S/C19H32N2/c1-15(2)12-20-13-16-8-6-7-9-18(16)21-11-10-17(14-21)19(3,4)5/h6-9,15,17,20H,10-14H2,1-5H3. The van der Waals surface area contributed by atoms with Gasteiger partial charge in [-0.2, -0.15) is 0 Å². The third-order valence-corrected chi connectivity index (χ3v) is 4.61. The third-order valence-electron chi connectivity index (χ3n) is 4.61. The van der Waals surface area contributed by atoms with Crippen molar-refractivity contribution in [1.82, 2.24) is 5.32 Å². The number of nitrogens with one attached hydrogen (secondary N) is 1. The number of benzene rings is 1. The van der Waals surface area contributed by atoms with Gasteiger partial charge in [0.05, 0.1) is 0 Å². The molecular weight excluding hydrogens is 256 g/mol. The van der Waals surface area contributed by atoms with Crippen LogP contribution in [0.4, 0.5) is 5.69 Å². The van der Waals surface area contributed by atoms with Gasteiger partial charge in [-0.3, -0.25) is 0 Å². The van der Waals surface area contributed by atoms with E-state index in [2.05, 4.69) is 69.1 Å². The largest absolute Gasteiger partial charge is 0.371 e. The Morgan fingerprint density at radius 3 is 2.57 bits per heavy atom. The fourth-order valence-corrected chi connectivity index (χ4v) is 3.15. The summed E-state index contributed by atoms with van der Waals surface area (Å²) in [5.41, 5.74) is 3.28. The first kappa shape index (κ1) is 16.4. The van der Waals surface area contributed by atoms with Crippen LogP contribution in [-0.2, 0) is 6.54 Å². The predicted octanol–water partition coefficient (Wildman–Crippen LogP) is 4.30. The Bertz CT molecular complexity index is 445. The Hall–Kier alpha value is -1.02. The van der Waals surface area contributed by atoms with E-state index < -0.39 is 0 Å². The van der Waals surface area contributed by atoms with E-state index in [1.807, 2.05) is 0 Å². The molecule has 1 heterocycles. The second kappa shape index (κ2) is 6.83. The molecule has 0 aromatic heterocycles. The van der Waals surface area contributed by atoms with Crippen molar-refractivity contribution in [2.45, 2.75) is 47.6 Å². The molecular formula is C19H32N2. The lowest BCUT2D eigenvalue weighted by atomic mass is 9.80. The van der Waals surface area contributed by atoms with Crippen LogP contribution >= 0.6 is 0 Å². The van der Waals surface area contributed by atoms with Gasteiger partial charge >= 0.3 is 0 Å². The van der Waals surface area contributed by atoms with E-state index in [1.165, 1.54) is 30.8 Å². The summed E-state index contributed by atoms with van der Waals surface area (Å²) in [6, 6.07) is 8.89. The molecule has 0 saturated carbocycles. The molecule has 1 saturated heterocycles. The highest BCUT2D eigenvalue weighted by Crippen LogP contribution is 2.36. The Kier molecular flexibility index (Phi) is 5.32. The molecule has 1 unspecified atom stereocenters. The van der Waals surface area contributed by atoms with Crippen molar-refractivity contribution in [3.63, 3.8) is 0 Å². The van der Waals surface area contributed by atoms with E-state index in [9.17, 15) is 0 Å². The van der Waals surface area contributed by atoms with E-state index in [4.69, 9.17) is 0 Å². The molecule has 0 bridgehead atoms. The SMILES string of the molecule is CC(C)CNCc1ccccc1N1CCC(C(C)(C)C)C1. The maximum Gasteiger partial charge on any atom is 0.0411 e. The van der Waals surface area contributed by atoms with Crippen molar-refractivity contribution < 1.29 is 0 Å². The van der Waals surface area contributed by atoms with Crippen molar-refractivity contribution in [3.05, 3.63) is 29.8 Å². The molecule has 1 N–H and O–H groups in total. The smallest absolute Gasteiger partial charge is 0.0411 e. The fraction of sp³-hybridized carbons (Fsp3) is 0.684. The third kappa shape index (κ3) is 4.47. The van der Waals surface area contributed by atoms with Gasteiger partial charge in [0.25, 0.3) is 0 Å². The second-order valence-electron chi connectivity index (χ2n) is 7.95. The number of hydrogen-bond donors (Lipinski definition) is 1. The predicted molar refractivity (Wildman–Crippen MR) is 92.8 cm³/mol. The van der Waals surface area contributed by atoms with Crippen LogP contribution in [0.3, 0.4) is 0 Å². The molecule has 1 fully saturated rings. The quantitative estimate of drug-likeness (QED) is 0.869. The first-order chi connectivity index (χ1) is 9.88. The molecule has 1 atom stereocenters. The summed E-state index contributed by atoms with van der Waals surface area (Å²) >= 11 is 0.